The molecule has 0 aliphatic rings. The van der Waals surface area contributed by atoms with Gasteiger partial charge in [-0.2, -0.15) is 0 Å². The number of carbonyl (C=O) groups excluding carboxylic acids is 2. The second-order valence-electron chi connectivity index (χ2n) is 6.33. The maximum atomic E-state index is 12.8. The summed E-state index contributed by atoms with van der Waals surface area (Å²) in [5, 5.41) is 2.60. The van der Waals surface area contributed by atoms with Crippen LogP contribution < -0.4 is 10.1 Å². The minimum atomic E-state index is -0.587. The molecule has 2 aromatic carbocycles. The Labute approximate surface area is 155 Å². The normalized spacial score (nSPS) is 11.5. The number of carbonyl (C=O) groups is 2. The fourth-order valence-electron chi connectivity index (χ4n) is 2.60. The maximum Gasteiger partial charge on any atom is 0.261 e. The van der Waals surface area contributed by atoms with Crippen LogP contribution in [0.4, 0.5) is 0 Å². The fraction of sp³-hybridized carbons (Fsp3) is 0.333. The highest BCUT2D eigenvalue weighted by Crippen LogP contribution is 2.17. The van der Waals surface area contributed by atoms with E-state index in [1.165, 1.54) is 10.5 Å². The third-order valence-corrected chi connectivity index (χ3v) is 4.45. The third-order valence-electron chi connectivity index (χ3n) is 4.45. The highest BCUT2D eigenvalue weighted by atomic mass is 16.5. The summed E-state index contributed by atoms with van der Waals surface area (Å²) in [6, 6.07) is 14.7. The third kappa shape index (κ3) is 5.09. The average Bonchev–Trinajstić information content (AvgIpc) is 2.66. The van der Waals surface area contributed by atoms with Crippen molar-refractivity contribution >= 4 is 11.8 Å². The van der Waals surface area contributed by atoms with Crippen molar-refractivity contribution in [3.8, 4) is 5.75 Å². The zero-order chi connectivity index (χ0) is 19.1. The Bertz CT molecular complexity index is 759. The smallest absolute Gasteiger partial charge is 0.261 e. The molecule has 0 aliphatic carbocycles. The van der Waals surface area contributed by atoms with Crippen LogP contribution in [-0.2, 0) is 16.1 Å². The second-order valence-corrected chi connectivity index (χ2v) is 6.33. The number of aryl methyl sites for hydroxylation is 2. The molecule has 26 heavy (non-hydrogen) atoms. The lowest BCUT2D eigenvalue weighted by Gasteiger charge is -2.28. The molecule has 0 fully saturated rings. The Balaban J connectivity index is 2.11. The van der Waals surface area contributed by atoms with Crippen molar-refractivity contribution in [2.45, 2.75) is 33.4 Å². The molecule has 0 aromatic heterocycles. The van der Waals surface area contributed by atoms with Gasteiger partial charge in [0.15, 0.2) is 6.61 Å². The van der Waals surface area contributed by atoms with Gasteiger partial charge in [0.1, 0.15) is 11.8 Å². The highest BCUT2D eigenvalue weighted by molar-refractivity contribution is 5.87. The monoisotopic (exact) mass is 354 g/mol. The van der Waals surface area contributed by atoms with E-state index in [2.05, 4.69) is 5.32 Å². The quantitative estimate of drug-likeness (QED) is 0.832. The van der Waals surface area contributed by atoms with Crippen LogP contribution in [-0.4, -0.2) is 36.4 Å². The van der Waals surface area contributed by atoms with Gasteiger partial charge in [0.25, 0.3) is 5.91 Å². The van der Waals surface area contributed by atoms with E-state index in [1.54, 1.807) is 14.0 Å². The first-order chi connectivity index (χ1) is 12.4. The molecule has 2 aromatic rings. The largest absolute Gasteiger partial charge is 0.484 e. The van der Waals surface area contributed by atoms with Crippen LogP contribution in [0.15, 0.2) is 48.5 Å². The van der Waals surface area contributed by atoms with Gasteiger partial charge in [0, 0.05) is 13.6 Å². The van der Waals surface area contributed by atoms with Crippen molar-refractivity contribution in [1.29, 1.82) is 0 Å². The van der Waals surface area contributed by atoms with Crippen molar-refractivity contribution in [2.24, 2.45) is 0 Å². The number of benzene rings is 2. The van der Waals surface area contributed by atoms with Crippen LogP contribution in [0, 0.1) is 13.8 Å². The van der Waals surface area contributed by atoms with E-state index in [0.717, 1.165) is 11.1 Å². The Hall–Kier alpha value is -2.82. The summed E-state index contributed by atoms with van der Waals surface area (Å²) in [6.45, 7) is 5.98. The van der Waals surface area contributed by atoms with Crippen LogP contribution in [0.5, 0.6) is 5.75 Å². The van der Waals surface area contributed by atoms with Gasteiger partial charge >= 0.3 is 0 Å². The zero-order valence-electron chi connectivity index (χ0n) is 15.8. The standard InChI is InChI=1S/C21H26N2O3/c1-15-10-11-19(12-16(15)2)26-14-20(24)23(17(3)21(25)22-4)13-18-8-6-5-7-9-18/h5-12,17H,13-14H2,1-4H3,(H,22,25). The summed E-state index contributed by atoms with van der Waals surface area (Å²) in [5.74, 6) is 0.206. The lowest BCUT2D eigenvalue weighted by molar-refractivity contribution is -0.142. The predicted octanol–water partition coefficient (Wildman–Crippen LogP) is 2.85. The Morgan fingerprint density at radius 2 is 1.77 bits per heavy atom. The number of amides is 2. The molecule has 0 radical (unpaired) electrons. The number of likely N-dealkylation sites (N-methyl/N-ethyl adjacent to an activating group) is 1. The average molecular weight is 354 g/mol. The highest BCUT2D eigenvalue weighted by Gasteiger charge is 2.25. The lowest BCUT2D eigenvalue weighted by Crippen LogP contribution is -2.48. The second kappa shape index (κ2) is 9.04. The van der Waals surface area contributed by atoms with Gasteiger partial charge < -0.3 is 15.0 Å². The topological polar surface area (TPSA) is 58.6 Å². The number of ether oxygens (including phenoxy) is 1. The van der Waals surface area contributed by atoms with Crippen molar-refractivity contribution in [1.82, 2.24) is 10.2 Å². The number of nitrogens with zero attached hydrogens (tertiary/aromatic N) is 1. The molecular formula is C21H26N2O3. The first kappa shape index (κ1) is 19.5. The van der Waals surface area contributed by atoms with Crippen LogP contribution in [0.25, 0.3) is 0 Å². The van der Waals surface area contributed by atoms with Gasteiger partial charge in [-0.25, -0.2) is 0 Å². The fourth-order valence-corrected chi connectivity index (χ4v) is 2.60. The van der Waals surface area contributed by atoms with E-state index < -0.39 is 6.04 Å². The Morgan fingerprint density at radius 1 is 1.08 bits per heavy atom. The van der Waals surface area contributed by atoms with Crippen LogP contribution in [0.3, 0.4) is 0 Å². The van der Waals surface area contributed by atoms with E-state index in [0.29, 0.717) is 12.3 Å². The summed E-state index contributed by atoms with van der Waals surface area (Å²) >= 11 is 0. The maximum absolute atomic E-state index is 12.8. The van der Waals surface area contributed by atoms with Crippen molar-refractivity contribution < 1.29 is 14.3 Å². The van der Waals surface area contributed by atoms with E-state index in [-0.39, 0.29) is 18.4 Å². The molecule has 0 heterocycles. The molecule has 2 amide bonds. The molecule has 0 spiro atoms. The molecule has 1 atom stereocenters. The van der Waals surface area contributed by atoms with Crippen LogP contribution >= 0.6 is 0 Å². The summed E-state index contributed by atoms with van der Waals surface area (Å²) in [5.41, 5.74) is 3.24. The minimum Gasteiger partial charge on any atom is -0.484 e. The molecule has 1 N–H and O–H groups in total. The van der Waals surface area contributed by atoms with Gasteiger partial charge in [-0.1, -0.05) is 36.4 Å². The van der Waals surface area contributed by atoms with E-state index >= 15 is 0 Å². The molecule has 0 aliphatic heterocycles. The molecule has 0 saturated heterocycles. The van der Waals surface area contributed by atoms with Crippen molar-refractivity contribution in [2.75, 3.05) is 13.7 Å². The molecule has 5 nitrogen and oxygen atoms in total. The minimum absolute atomic E-state index is 0.114. The molecule has 1 unspecified atom stereocenters. The lowest BCUT2D eigenvalue weighted by atomic mass is 10.1. The summed E-state index contributed by atoms with van der Waals surface area (Å²) < 4.78 is 5.66. The first-order valence-corrected chi connectivity index (χ1v) is 8.67. The number of hydrogen-bond donors (Lipinski definition) is 1. The van der Waals surface area contributed by atoms with Gasteiger partial charge in [-0.3, -0.25) is 9.59 Å². The van der Waals surface area contributed by atoms with Crippen LogP contribution in [0.1, 0.15) is 23.6 Å². The molecule has 138 valence electrons. The van der Waals surface area contributed by atoms with Crippen LogP contribution in [0.2, 0.25) is 0 Å². The molecule has 5 heteroatoms. The Kier molecular flexibility index (Phi) is 6.78. The molecule has 0 saturated carbocycles. The SMILES string of the molecule is CNC(=O)C(C)N(Cc1ccccc1)C(=O)COc1ccc(C)c(C)c1. The van der Waals surface area contributed by atoms with Crippen molar-refractivity contribution in [3.05, 3.63) is 65.2 Å². The van der Waals surface area contributed by atoms with Gasteiger partial charge in [-0.15, -0.1) is 0 Å². The number of hydrogen-bond acceptors (Lipinski definition) is 3. The zero-order valence-corrected chi connectivity index (χ0v) is 15.8. The van der Waals surface area contributed by atoms with Gasteiger partial charge in [0.05, 0.1) is 0 Å². The van der Waals surface area contributed by atoms with Gasteiger partial charge in [-0.05, 0) is 49.6 Å². The number of nitrogens with one attached hydrogen (secondary N) is 1. The van der Waals surface area contributed by atoms with E-state index in [4.69, 9.17) is 4.74 Å². The predicted molar refractivity (Wildman–Crippen MR) is 102 cm³/mol. The molecular weight excluding hydrogens is 328 g/mol. The molecule has 2 rings (SSSR count). The summed E-state index contributed by atoms with van der Waals surface area (Å²) in [7, 11) is 1.57. The van der Waals surface area contributed by atoms with E-state index in [9.17, 15) is 9.59 Å². The first-order valence-electron chi connectivity index (χ1n) is 8.67. The number of rotatable bonds is 7. The molecule has 0 bridgehead atoms. The van der Waals surface area contributed by atoms with Gasteiger partial charge in [0.2, 0.25) is 5.91 Å². The van der Waals surface area contributed by atoms with Crippen molar-refractivity contribution in [3.63, 3.8) is 0 Å². The Morgan fingerprint density at radius 3 is 2.38 bits per heavy atom. The summed E-state index contributed by atoms with van der Waals surface area (Å²) in [4.78, 5) is 26.4. The van der Waals surface area contributed by atoms with E-state index in [1.807, 2.05) is 62.4 Å². The summed E-state index contributed by atoms with van der Waals surface area (Å²) in [6.07, 6.45) is 0.